The Kier molecular flexibility index (Phi) is 23.7. The Morgan fingerprint density at radius 3 is 0.619 bits per heavy atom. The summed E-state index contributed by atoms with van der Waals surface area (Å²) in [7, 11) is 0. The van der Waals surface area contributed by atoms with E-state index < -0.39 is 0 Å². The van der Waals surface area contributed by atoms with Gasteiger partial charge in [0.25, 0.3) is 0 Å². The van der Waals surface area contributed by atoms with Crippen LogP contribution in [0.1, 0.15) is 60.8 Å². The Labute approximate surface area is 215 Å². The summed E-state index contributed by atoms with van der Waals surface area (Å²) in [4.78, 5) is 0. The van der Waals surface area contributed by atoms with Crippen LogP contribution in [0.15, 0.2) is 0 Å². The highest BCUT2D eigenvalue weighted by Crippen LogP contribution is 2.34. The van der Waals surface area contributed by atoms with Crippen molar-refractivity contribution in [3.63, 3.8) is 0 Å². The number of rotatable bonds is 0. The highest BCUT2D eigenvalue weighted by atomic mass is 127. The molecule has 0 heterocycles. The zero-order valence-electron chi connectivity index (χ0n) is 9.97. The molecule has 3 fully saturated rings. The summed E-state index contributed by atoms with van der Waals surface area (Å²) < 4.78 is 5.96. The Balaban J connectivity index is -0.000000216. The molecule has 4 atom stereocenters. The zero-order valence-corrected chi connectivity index (χ0v) is 22.9. The topological polar surface area (TPSA) is 0 Å². The van der Waals surface area contributed by atoms with E-state index in [0.29, 0.717) is 0 Å². The molecule has 3 aliphatic rings. The standard InChI is InChI=1S/3C4H6I2.3CH4/c5-3-1-4(6)2-3;2*5-3-1-2-4(3)6;;;/h3*3-4H,1-2H2;3*1H4. The summed E-state index contributed by atoms with van der Waals surface area (Å²) >= 11 is 15.1. The van der Waals surface area contributed by atoms with Crippen LogP contribution in [0.3, 0.4) is 0 Å². The molecule has 132 valence electrons. The van der Waals surface area contributed by atoms with Crippen LogP contribution in [-0.2, 0) is 0 Å². The number of alkyl halides is 6. The van der Waals surface area contributed by atoms with Gasteiger partial charge in [-0.15, -0.1) is 0 Å². The van der Waals surface area contributed by atoms with Crippen LogP contribution in [0.5, 0.6) is 0 Å². The molecule has 0 amide bonds. The van der Waals surface area contributed by atoms with Gasteiger partial charge in [-0.2, -0.15) is 0 Å². The maximum atomic E-state index is 2.51. The maximum Gasteiger partial charge on any atom is 0.0228 e. The van der Waals surface area contributed by atoms with E-state index in [1.807, 2.05) is 0 Å². The summed E-state index contributed by atoms with van der Waals surface area (Å²) in [5, 5.41) is 0. The van der Waals surface area contributed by atoms with E-state index in [1.165, 1.54) is 38.5 Å². The van der Waals surface area contributed by atoms with E-state index in [1.54, 1.807) is 0 Å². The van der Waals surface area contributed by atoms with Crippen LogP contribution in [0, 0.1) is 0 Å². The third kappa shape index (κ3) is 13.2. The Bertz CT molecular complexity index is 194. The van der Waals surface area contributed by atoms with E-state index in [4.69, 9.17) is 0 Å². The summed E-state index contributed by atoms with van der Waals surface area (Å²) in [5.74, 6) is 0. The minimum absolute atomic E-state index is 0. The molecule has 0 aromatic rings. The third-order valence-corrected chi connectivity index (χ3v) is 14.0. The molecule has 3 rings (SSSR count). The first-order valence-corrected chi connectivity index (χ1v) is 13.7. The average molecular weight is 972 g/mol. The molecule has 0 spiro atoms. The zero-order chi connectivity index (χ0) is 13.7. The van der Waals surface area contributed by atoms with Gasteiger partial charge in [0.05, 0.1) is 0 Å². The first kappa shape index (κ1) is 30.1. The lowest BCUT2D eigenvalue weighted by atomic mass is 10.0. The van der Waals surface area contributed by atoms with Gasteiger partial charge in [-0.3, -0.25) is 0 Å². The molecular formula is C15H30I6. The molecule has 4 unspecified atom stereocenters. The Morgan fingerprint density at radius 2 is 0.619 bits per heavy atom. The lowest BCUT2D eigenvalue weighted by Gasteiger charge is -2.26. The van der Waals surface area contributed by atoms with Crippen molar-refractivity contribution >= 4 is 136 Å². The van der Waals surface area contributed by atoms with Gasteiger partial charge in [-0.1, -0.05) is 158 Å². The van der Waals surface area contributed by atoms with Crippen molar-refractivity contribution in [1.29, 1.82) is 0 Å². The lowest BCUT2D eigenvalue weighted by Crippen LogP contribution is -2.24. The summed E-state index contributed by atoms with van der Waals surface area (Å²) in [5.41, 5.74) is 0. The fraction of sp³-hybridized carbons (Fsp3) is 1.00. The molecule has 0 N–H and O–H groups in total. The summed E-state index contributed by atoms with van der Waals surface area (Å²) in [6.45, 7) is 0. The predicted octanol–water partition coefficient (Wildman–Crippen LogP) is 9.07. The maximum absolute atomic E-state index is 2.51. The predicted molar refractivity (Wildman–Crippen MR) is 155 cm³/mol. The summed E-state index contributed by atoms with van der Waals surface area (Å²) in [6, 6.07) is 0. The molecule has 0 saturated heterocycles. The normalized spacial score (nSPS) is 38.6. The van der Waals surface area contributed by atoms with Gasteiger partial charge in [0.1, 0.15) is 0 Å². The number of hydrogen-bond acceptors (Lipinski definition) is 0. The second-order valence-corrected chi connectivity index (χ2v) is 14.8. The molecule has 0 aromatic carbocycles. The van der Waals surface area contributed by atoms with Crippen molar-refractivity contribution in [2.75, 3.05) is 0 Å². The second kappa shape index (κ2) is 16.5. The van der Waals surface area contributed by atoms with Gasteiger partial charge in [0.15, 0.2) is 0 Å². The van der Waals surface area contributed by atoms with Gasteiger partial charge in [0, 0.05) is 23.5 Å². The molecule has 21 heavy (non-hydrogen) atoms. The Morgan fingerprint density at radius 1 is 0.429 bits per heavy atom. The minimum atomic E-state index is 0. The van der Waals surface area contributed by atoms with Crippen molar-refractivity contribution in [3.8, 4) is 0 Å². The number of halogens is 6. The quantitative estimate of drug-likeness (QED) is 0.168. The van der Waals surface area contributed by atoms with Crippen molar-refractivity contribution in [1.82, 2.24) is 0 Å². The van der Waals surface area contributed by atoms with Crippen LogP contribution in [0.4, 0.5) is 0 Å². The van der Waals surface area contributed by atoms with E-state index in [-0.39, 0.29) is 22.3 Å². The van der Waals surface area contributed by atoms with Crippen LogP contribution in [-0.4, -0.2) is 23.5 Å². The van der Waals surface area contributed by atoms with Gasteiger partial charge in [-0.25, -0.2) is 0 Å². The highest BCUT2D eigenvalue weighted by Gasteiger charge is 2.25. The molecule has 3 aliphatic carbocycles. The fourth-order valence-corrected chi connectivity index (χ4v) is 8.60. The molecule has 0 nitrogen and oxygen atoms in total. The van der Waals surface area contributed by atoms with Crippen molar-refractivity contribution in [2.24, 2.45) is 0 Å². The van der Waals surface area contributed by atoms with Crippen LogP contribution >= 0.6 is 136 Å². The minimum Gasteiger partial charge on any atom is -0.0825 e. The molecule has 3 saturated carbocycles. The first-order chi connectivity index (χ1) is 8.40. The SMILES string of the molecule is C.C.C.IC1CC(I)C1.IC1CCC1I.IC1CCC1I. The van der Waals surface area contributed by atoms with Gasteiger partial charge in [0.2, 0.25) is 0 Å². The average Bonchev–Trinajstić information content (AvgIpc) is 2.34. The van der Waals surface area contributed by atoms with Crippen LogP contribution in [0.25, 0.3) is 0 Å². The van der Waals surface area contributed by atoms with Gasteiger partial charge >= 0.3 is 0 Å². The molecular weight excluding hydrogens is 942 g/mol. The van der Waals surface area contributed by atoms with E-state index >= 15 is 0 Å². The van der Waals surface area contributed by atoms with Crippen molar-refractivity contribution in [2.45, 2.75) is 84.4 Å². The molecule has 0 aromatic heterocycles. The van der Waals surface area contributed by atoms with E-state index in [0.717, 1.165) is 23.5 Å². The first-order valence-electron chi connectivity index (χ1n) is 6.24. The number of hydrogen-bond donors (Lipinski definition) is 0. The molecule has 0 radical (unpaired) electrons. The van der Waals surface area contributed by atoms with Crippen LogP contribution in [0.2, 0.25) is 0 Å². The van der Waals surface area contributed by atoms with E-state index in [2.05, 4.69) is 136 Å². The largest absolute Gasteiger partial charge is 0.0825 e. The third-order valence-electron chi connectivity index (χ3n) is 3.24. The van der Waals surface area contributed by atoms with Crippen molar-refractivity contribution < 1.29 is 0 Å². The highest BCUT2D eigenvalue weighted by molar-refractivity contribution is 14.1. The smallest absolute Gasteiger partial charge is 0.0228 e. The lowest BCUT2D eigenvalue weighted by molar-refractivity contribution is 0.578. The van der Waals surface area contributed by atoms with Gasteiger partial charge in [-0.05, 0) is 38.5 Å². The van der Waals surface area contributed by atoms with Crippen LogP contribution < -0.4 is 0 Å². The second-order valence-electron chi connectivity index (χ2n) is 4.88. The van der Waals surface area contributed by atoms with Gasteiger partial charge < -0.3 is 0 Å². The van der Waals surface area contributed by atoms with Crippen molar-refractivity contribution in [3.05, 3.63) is 0 Å². The molecule has 0 bridgehead atoms. The molecule has 0 aliphatic heterocycles. The monoisotopic (exact) mass is 972 g/mol. The fourth-order valence-electron chi connectivity index (χ4n) is 1.32. The molecule has 6 heteroatoms. The summed E-state index contributed by atoms with van der Waals surface area (Å²) in [6.07, 6.45) is 8.70. The van der Waals surface area contributed by atoms with E-state index in [9.17, 15) is 0 Å². The Hall–Kier alpha value is 4.38.